The van der Waals surface area contributed by atoms with Gasteiger partial charge in [-0.25, -0.2) is 8.42 Å². The first kappa shape index (κ1) is 23.9. The average molecular weight is 451 g/mol. The van der Waals surface area contributed by atoms with Gasteiger partial charge in [0.2, 0.25) is 5.91 Å². The van der Waals surface area contributed by atoms with Crippen LogP contribution in [0, 0.1) is 5.92 Å². The van der Waals surface area contributed by atoms with E-state index in [1.54, 1.807) is 42.5 Å². The third kappa shape index (κ3) is 8.18. The molecule has 2 N–H and O–H groups in total. The van der Waals surface area contributed by atoms with Gasteiger partial charge in [-0.1, -0.05) is 49.7 Å². The third-order valence-electron chi connectivity index (χ3n) is 3.95. The molecule has 2 aromatic carbocycles. The van der Waals surface area contributed by atoms with E-state index in [-0.39, 0.29) is 10.8 Å². The van der Waals surface area contributed by atoms with Crippen molar-refractivity contribution in [3.8, 4) is 0 Å². The molecule has 0 saturated heterocycles. The van der Waals surface area contributed by atoms with Gasteiger partial charge in [-0.3, -0.25) is 9.52 Å². The highest BCUT2D eigenvalue weighted by molar-refractivity contribution is 7.92. The molecule has 2 rings (SSSR count). The van der Waals surface area contributed by atoms with E-state index in [0.717, 1.165) is 6.42 Å². The minimum Gasteiger partial charge on any atom is -0.381 e. The van der Waals surface area contributed by atoms with Gasteiger partial charge in [-0.15, -0.1) is 0 Å². The van der Waals surface area contributed by atoms with Crippen LogP contribution in [0.1, 0.15) is 25.8 Å². The molecule has 0 saturated carbocycles. The molecule has 0 aliphatic heterocycles. The highest BCUT2D eigenvalue weighted by Crippen LogP contribution is 2.24. The topological polar surface area (TPSA) is 84.5 Å². The van der Waals surface area contributed by atoms with Gasteiger partial charge in [-0.05, 0) is 48.2 Å². The van der Waals surface area contributed by atoms with Crippen LogP contribution in [0.15, 0.2) is 59.5 Å². The maximum atomic E-state index is 12.5. The summed E-state index contributed by atoms with van der Waals surface area (Å²) in [6, 6.07) is 12.8. The number of hydrogen-bond donors (Lipinski definition) is 2. The summed E-state index contributed by atoms with van der Waals surface area (Å²) >= 11 is 6.01. The fourth-order valence-corrected chi connectivity index (χ4v) is 3.76. The second-order valence-corrected chi connectivity index (χ2v) is 9.19. The number of ether oxygens (including phenoxy) is 1. The van der Waals surface area contributed by atoms with Gasteiger partial charge in [0.05, 0.1) is 15.6 Å². The van der Waals surface area contributed by atoms with Gasteiger partial charge in [0, 0.05) is 25.8 Å². The van der Waals surface area contributed by atoms with E-state index in [2.05, 4.69) is 23.9 Å². The molecule has 0 radical (unpaired) electrons. The van der Waals surface area contributed by atoms with Crippen LogP contribution in [0.2, 0.25) is 5.02 Å². The van der Waals surface area contributed by atoms with Gasteiger partial charge in [0.25, 0.3) is 10.0 Å². The Labute approximate surface area is 183 Å². The number of anilines is 1. The first-order chi connectivity index (χ1) is 14.3. The molecule has 30 heavy (non-hydrogen) atoms. The SMILES string of the molecule is CC(C)COCCCNC(=O)/C=C/c1ccc(S(=O)(=O)Nc2ccccc2Cl)cc1. The van der Waals surface area contributed by atoms with Crippen molar-refractivity contribution in [3.05, 3.63) is 65.2 Å². The highest BCUT2D eigenvalue weighted by atomic mass is 35.5. The zero-order chi connectivity index (χ0) is 22.0. The van der Waals surface area contributed by atoms with Crippen LogP contribution in [0.5, 0.6) is 0 Å². The number of para-hydroxylation sites is 1. The number of carbonyl (C=O) groups is 1. The van der Waals surface area contributed by atoms with Crippen molar-refractivity contribution < 1.29 is 17.9 Å². The molecule has 0 heterocycles. The normalized spacial score (nSPS) is 11.7. The summed E-state index contributed by atoms with van der Waals surface area (Å²) in [6.07, 6.45) is 3.79. The van der Waals surface area contributed by atoms with Crippen LogP contribution in [0.4, 0.5) is 5.69 Å². The van der Waals surface area contributed by atoms with Gasteiger partial charge in [0.15, 0.2) is 0 Å². The molecule has 0 unspecified atom stereocenters. The van der Waals surface area contributed by atoms with Crippen molar-refractivity contribution in [2.45, 2.75) is 25.2 Å². The van der Waals surface area contributed by atoms with Crippen molar-refractivity contribution in [2.24, 2.45) is 5.92 Å². The molecule has 1 amide bonds. The molecule has 0 aromatic heterocycles. The maximum Gasteiger partial charge on any atom is 0.261 e. The lowest BCUT2D eigenvalue weighted by molar-refractivity contribution is -0.116. The van der Waals surface area contributed by atoms with E-state index in [0.29, 0.717) is 41.9 Å². The Hall–Kier alpha value is -2.35. The monoisotopic (exact) mass is 450 g/mol. The van der Waals surface area contributed by atoms with Crippen LogP contribution in [0.3, 0.4) is 0 Å². The Morgan fingerprint density at radius 3 is 2.50 bits per heavy atom. The fourth-order valence-electron chi connectivity index (χ4n) is 2.44. The van der Waals surface area contributed by atoms with E-state index in [1.807, 2.05) is 0 Å². The first-order valence-electron chi connectivity index (χ1n) is 9.69. The number of amides is 1. The van der Waals surface area contributed by atoms with Crippen molar-refractivity contribution >= 4 is 39.3 Å². The molecule has 162 valence electrons. The highest BCUT2D eigenvalue weighted by Gasteiger charge is 2.15. The summed E-state index contributed by atoms with van der Waals surface area (Å²) in [5.74, 6) is 0.284. The lowest BCUT2D eigenvalue weighted by Gasteiger charge is -2.09. The molecule has 0 bridgehead atoms. The summed E-state index contributed by atoms with van der Waals surface area (Å²) in [5.41, 5.74) is 1.02. The van der Waals surface area contributed by atoms with Crippen LogP contribution < -0.4 is 10.0 Å². The van der Waals surface area contributed by atoms with Gasteiger partial charge >= 0.3 is 0 Å². The molecule has 0 aliphatic rings. The average Bonchev–Trinajstić information content (AvgIpc) is 2.71. The molecule has 2 aromatic rings. The number of rotatable bonds is 11. The first-order valence-corrected chi connectivity index (χ1v) is 11.5. The van der Waals surface area contributed by atoms with E-state index in [1.165, 1.54) is 18.2 Å². The quantitative estimate of drug-likeness (QED) is 0.394. The third-order valence-corrected chi connectivity index (χ3v) is 5.66. The molecule has 0 fully saturated rings. The molecular weight excluding hydrogens is 424 g/mol. The Morgan fingerprint density at radius 2 is 1.83 bits per heavy atom. The van der Waals surface area contributed by atoms with Crippen LogP contribution in [-0.2, 0) is 19.6 Å². The molecule has 6 nitrogen and oxygen atoms in total. The molecule has 8 heteroatoms. The summed E-state index contributed by atoms with van der Waals surface area (Å²) in [4.78, 5) is 12.0. The Morgan fingerprint density at radius 1 is 1.13 bits per heavy atom. The Kier molecular flexibility index (Phi) is 9.36. The van der Waals surface area contributed by atoms with Gasteiger partial charge in [-0.2, -0.15) is 0 Å². The van der Waals surface area contributed by atoms with E-state index < -0.39 is 10.0 Å². The van der Waals surface area contributed by atoms with Gasteiger partial charge in [0.1, 0.15) is 0 Å². The lowest BCUT2D eigenvalue weighted by atomic mass is 10.2. The largest absolute Gasteiger partial charge is 0.381 e. The standard InChI is InChI=1S/C22H27ClN2O4S/c1-17(2)16-29-15-5-14-24-22(26)13-10-18-8-11-19(12-9-18)30(27,28)25-21-7-4-3-6-20(21)23/h3-4,6-13,17,25H,5,14-16H2,1-2H3,(H,24,26)/b13-10+. The smallest absolute Gasteiger partial charge is 0.261 e. The number of halogens is 1. The van der Waals surface area contributed by atoms with E-state index >= 15 is 0 Å². The number of nitrogens with one attached hydrogen (secondary N) is 2. The van der Waals surface area contributed by atoms with E-state index in [4.69, 9.17) is 16.3 Å². The second kappa shape index (κ2) is 11.7. The van der Waals surface area contributed by atoms with Gasteiger partial charge < -0.3 is 10.1 Å². The molecule has 0 aliphatic carbocycles. The van der Waals surface area contributed by atoms with Crippen molar-refractivity contribution in [1.29, 1.82) is 0 Å². The molecule has 0 atom stereocenters. The minimum atomic E-state index is -3.76. The molecule has 0 spiro atoms. The maximum absolute atomic E-state index is 12.5. The Balaban J connectivity index is 1.85. The number of carbonyl (C=O) groups excluding carboxylic acids is 1. The van der Waals surface area contributed by atoms with Crippen LogP contribution >= 0.6 is 11.6 Å². The summed E-state index contributed by atoms with van der Waals surface area (Å²) in [5, 5.41) is 3.10. The second-order valence-electron chi connectivity index (χ2n) is 7.10. The summed E-state index contributed by atoms with van der Waals surface area (Å²) in [7, 11) is -3.76. The predicted octanol–water partition coefficient (Wildman–Crippen LogP) is 4.33. The number of hydrogen-bond acceptors (Lipinski definition) is 4. The zero-order valence-electron chi connectivity index (χ0n) is 17.1. The zero-order valence-corrected chi connectivity index (χ0v) is 18.7. The fraction of sp³-hybridized carbons (Fsp3) is 0.318. The predicted molar refractivity (Wildman–Crippen MR) is 121 cm³/mol. The minimum absolute atomic E-state index is 0.102. The van der Waals surface area contributed by atoms with Crippen molar-refractivity contribution in [1.82, 2.24) is 5.32 Å². The van der Waals surface area contributed by atoms with E-state index in [9.17, 15) is 13.2 Å². The van der Waals surface area contributed by atoms with Crippen LogP contribution in [0.25, 0.3) is 6.08 Å². The van der Waals surface area contributed by atoms with Crippen molar-refractivity contribution in [3.63, 3.8) is 0 Å². The summed E-state index contributed by atoms with van der Waals surface area (Å²) < 4.78 is 32.9. The van der Waals surface area contributed by atoms with Crippen LogP contribution in [-0.4, -0.2) is 34.1 Å². The lowest BCUT2D eigenvalue weighted by Crippen LogP contribution is -2.23. The number of benzene rings is 2. The Bertz CT molecular complexity index is 957. The summed E-state index contributed by atoms with van der Waals surface area (Å²) in [6.45, 7) is 6.04. The number of sulfonamides is 1. The molecular formula is C22H27ClN2O4S. The van der Waals surface area contributed by atoms with Crippen molar-refractivity contribution in [2.75, 3.05) is 24.5 Å².